The Morgan fingerprint density at radius 2 is 1.77 bits per heavy atom. The first-order chi connectivity index (χ1) is 10.4. The first-order valence-electron chi connectivity index (χ1n) is 6.99. The maximum atomic E-state index is 13.2. The van der Waals surface area contributed by atoms with Crippen LogP contribution in [-0.4, -0.2) is 5.91 Å². The van der Waals surface area contributed by atoms with Crippen molar-refractivity contribution < 1.29 is 13.6 Å². The van der Waals surface area contributed by atoms with E-state index in [1.165, 1.54) is 12.1 Å². The minimum atomic E-state index is -0.591. The van der Waals surface area contributed by atoms with E-state index in [2.05, 4.69) is 5.32 Å². The van der Waals surface area contributed by atoms with Gasteiger partial charge in [-0.2, -0.15) is 0 Å². The summed E-state index contributed by atoms with van der Waals surface area (Å²) in [7, 11) is 0. The van der Waals surface area contributed by atoms with Crippen LogP contribution in [0.15, 0.2) is 42.5 Å². The molecule has 0 fully saturated rings. The third-order valence-electron chi connectivity index (χ3n) is 3.37. The second-order valence-corrected chi connectivity index (χ2v) is 5.27. The Hall–Kier alpha value is -2.27. The molecule has 1 unspecified atom stereocenters. The second kappa shape index (κ2) is 7.13. The summed E-state index contributed by atoms with van der Waals surface area (Å²) in [5, 5.41) is 3.20. The van der Waals surface area contributed by atoms with Gasteiger partial charge in [-0.1, -0.05) is 24.3 Å². The molecule has 22 heavy (non-hydrogen) atoms. The quantitative estimate of drug-likeness (QED) is 0.862. The number of hydrogen-bond donors (Lipinski definition) is 2. The summed E-state index contributed by atoms with van der Waals surface area (Å²) < 4.78 is 26.4. The molecule has 3 nitrogen and oxygen atoms in total. The van der Waals surface area contributed by atoms with Crippen molar-refractivity contribution in [1.29, 1.82) is 0 Å². The lowest BCUT2D eigenvalue weighted by Gasteiger charge is -2.15. The van der Waals surface area contributed by atoms with Crippen LogP contribution < -0.4 is 11.1 Å². The molecule has 0 aliphatic heterocycles. The van der Waals surface area contributed by atoms with Gasteiger partial charge in [0.05, 0.1) is 6.42 Å². The van der Waals surface area contributed by atoms with Crippen molar-refractivity contribution in [2.45, 2.75) is 25.9 Å². The van der Waals surface area contributed by atoms with Crippen LogP contribution in [0, 0.1) is 11.6 Å². The first kappa shape index (κ1) is 16.1. The van der Waals surface area contributed by atoms with Crippen molar-refractivity contribution in [2.24, 2.45) is 5.73 Å². The average molecular weight is 304 g/mol. The van der Waals surface area contributed by atoms with Crippen LogP contribution in [0.3, 0.4) is 0 Å². The third-order valence-corrected chi connectivity index (χ3v) is 3.37. The van der Waals surface area contributed by atoms with Gasteiger partial charge < -0.3 is 11.1 Å². The topological polar surface area (TPSA) is 55.1 Å². The fourth-order valence-electron chi connectivity index (χ4n) is 2.26. The molecule has 0 aromatic heterocycles. The maximum Gasteiger partial charge on any atom is 0.221 e. The molecule has 116 valence electrons. The summed E-state index contributed by atoms with van der Waals surface area (Å²) >= 11 is 0. The van der Waals surface area contributed by atoms with Crippen molar-refractivity contribution in [3.8, 4) is 0 Å². The van der Waals surface area contributed by atoms with Crippen molar-refractivity contribution in [3.05, 3.63) is 70.8 Å². The first-order valence-corrected chi connectivity index (χ1v) is 6.99. The fraction of sp³-hybridized carbons (Fsp3) is 0.235. The molecule has 2 aromatic carbocycles. The van der Waals surface area contributed by atoms with E-state index in [1.54, 1.807) is 0 Å². The highest BCUT2D eigenvalue weighted by Crippen LogP contribution is 2.16. The van der Waals surface area contributed by atoms with Gasteiger partial charge in [-0.25, -0.2) is 8.78 Å². The molecule has 0 saturated heterocycles. The van der Waals surface area contributed by atoms with Crippen molar-refractivity contribution in [2.75, 3.05) is 0 Å². The maximum absolute atomic E-state index is 13.2. The van der Waals surface area contributed by atoms with Crippen LogP contribution in [0.25, 0.3) is 0 Å². The Bertz CT molecular complexity index is 653. The number of halogens is 2. The van der Waals surface area contributed by atoms with Crippen LogP contribution in [0.5, 0.6) is 0 Å². The smallest absolute Gasteiger partial charge is 0.221 e. The molecular weight excluding hydrogens is 286 g/mol. The molecule has 3 N–H and O–H groups in total. The summed E-state index contributed by atoms with van der Waals surface area (Å²) in [4.78, 5) is 10.9. The summed E-state index contributed by atoms with van der Waals surface area (Å²) in [6.45, 7) is 2.35. The number of rotatable bonds is 6. The Labute approximate surface area is 128 Å². The highest BCUT2D eigenvalue weighted by molar-refractivity contribution is 5.76. The monoisotopic (exact) mass is 304 g/mol. The SMILES string of the molecule is CC(NCc1cccc(CC(N)=O)c1)c1cc(F)cc(F)c1. The highest BCUT2D eigenvalue weighted by atomic mass is 19.1. The van der Waals surface area contributed by atoms with Gasteiger partial charge in [0, 0.05) is 18.7 Å². The lowest BCUT2D eigenvalue weighted by Crippen LogP contribution is -2.19. The number of nitrogens with one attached hydrogen (secondary N) is 1. The van der Waals surface area contributed by atoms with Gasteiger partial charge in [0.2, 0.25) is 5.91 Å². The summed E-state index contributed by atoms with van der Waals surface area (Å²) in [5.41, 5.74) is 7.54. The Morgan fingerprint density at radius 1 is 1.14 bits per heavy atom. The van der Waals surface area contributed by atoms with Gasteiger partial charge in [0.1, 0.15) is 11.6 Å². The van der Waals surface area contributed by atoms with E-state index in [0.717, 1.165) is 17.2 Å². The minimum absolute atomic E-state index is 0.193. The molecule has 0 aliphatic carbocycles. The predicted molar refractivity (Wildman–Crippen MR) is 81.0 cm³/mol. The van der Waals surface area contributed by atoms with E-state index in [0.29, 0.717) is 12.1 Å². The lowest BCUT2D eigenvalue weighted by molar-refractivity contribution is -0.117. The highest BCUT2D eigenvalue weighted by Gasteiger charge is 2.08. The van der Waals surface area contributed by atoms with E-state index in [-0.39, 0.29) is 18.4 Å². The van der Waals surface area contributed by atoms with Gasteiger partial charge in [0.25, 0.3) is 0 Å². The lowest BCUT2D eigenvalue weighted by atomic mass is 10.1. The van der Waals surface area contributed by atoms with Crippen LogP contribution >= 0.6 is 0 Å². The zero-order valence-electron chi connectivity index (χ0n) is 12.3. The number of carbonyl (C=O) groups excluding carboxylic acids is 1. The zero-order valence-corrected chi connectivity index (χ0v) is 12.3. The Morgan fingerprint density at radius 3 is 2.41 bits per heavy atom. The molecule has 0 spiro atoms. The molecule has 1 amide bonds. The van der Waals surface area contributed by atoms with Crippen LogP contribution in [0.4, 0.5) is 8.78 Å². The number of carbonyl (C=O) groups is 1. The van der Waals surface area contributed by atoms with Gasteiger partial charge in [-0.15, -0.1) is 0 Å². The number of benzene rings is 2. The fourth-order valence-corrected chi connectivity index (χ4v) is 2.26. The molecular formula is C17H18F2N2O. The number of primary amides is 1. The summed E-state index contributed by atoms with van der Waals surface area (Å²) in [6.07, 6.45) is 0.193. The van der Waals surface area contributed by atoms with Gasteiger partial charge in [-0.05, 0) is 35.7 Å². The molecule has 0 aliphatic rings. The van der Waals surface area contributed by atoms with Crippen LogP contribution in [0.2, 0.25) is 0 Å². The zero-order chi connectivity index (χ0) is 16.1. The van der Waals surface area contributed by atoms with Crippen molar-refractivity contribution in [3.63, 3.8) is 0 Å². The summed E-state index contributed by atoms with van der Waals surface area (Å²) in [6, 6.07) is 10.7. The van der Waals surface area contributed by atoms with E-state index >= 15 is 0 Å². The number of nitrogens with two attached hydrogens (primary N) is 1. The molecule has 0 radical (unpaired) electrons. The van der Waals surface area contributed by atoms with E-state index in [4.69, 9.17) is 5.73 Å². The molecule has 5 heteroatoms. The van der Waals surface area contributed by atoms with Crippen LogP contribution in [0.1, 0.15) is 29.7 Å². The summed E-state index contributed by atoms with van der Waals surface area (Å²) in [5.74, 6) is -1.56. The van der Waals surface area contributed by atoms with Gasteiger partial charge in [-0.3, -0.25) is 4.79 Å². The van der Waals surface area contributed by atoms with Crippen molar-refractivity contribution in [1.82, 2.24) is 5.32 Å². The van der Waals surface area contributed by atoms with Gasteiger partial charge >= 0.3 is 0 Å². The average Bonchev–Trinajstić information content (AvgIpc) is 2.43. The Kier molecular flexibility index (Phi) is 5.22. The van der Waals surface area contributed by atoms with Gasteiger partial charge in [0.15, 0.2) is 0 Å². The van der Waals surface area contributed by atoms with Crippen molar-refractivity contribution >= 4 is 5.91 Å². The standard InChI is InChI=1S/C17H18F2N2O/c1-11(14-7-15(18)9-16(19)8-14)21-10-13-4-2-3-12(5-13)6-17(20)22/h2-5,7-9,11,21H,6,10H2,1H3,(H2,20,22). The number of amides is 1. The Balaban J connectivity index is 2.01. The minimum Gasteiger partial charge on any atom is -0.369 e. The molecule has 0 bridgehead atoms. The number of hydrogen-bond acceptors (Lipinski definition) is 2. The van der Waals surface area contributed by atoms with E-state index in [1.807, 2.05) is 31.2 Å². The predicted octanol–water partition coefficient (Wildman–Crippen LogP) is 2.84. The normalized spacial score (nSPS) is 12.1. The molecule has 2 aromatic rings. The second-order valence-electron chi connectivity index (χ2n) is 5.27. The molecule has 2 rings (SSSR count). The third kappa shape index (κ3) is 4.63. The van der Waals surface area contributed by atoms with E-state index < -0.39 is 11.6 Å². The molecule has 1 atom stereocenters. The van der Waals surface area contributed by atoms with Crippen LogP contribution in [-0.2, 0) is 17.8 Å². The molecule has 0 saturated carbocycles. The molecule has 0 heterocycles. The van der Waals surface area contributed by atoms with E-state index in [9.17, 15) is 13.6 Å². The largest absolute Gasteiger partial charge is 0.369 e.